The van der Waals surface area contributed by atoms with Gasteiger partial charge in [-0.25, -0.2) is 17.8 Å². The molecule has 0 unspecified atom stereocenters. The second kappa shape index (κ2) is 10.5. The Labute approximate surface area is 192 Å². The summed E-state index contributed by atoms with van der Waals surface area (Å²) in [6.07, 6.45) is 0.704. The molecule has 1 heterocycles. The molecule has 31 heavy (non-hydrogen) atoms. The zero-order valence-electron chi connectivity index (χ0n) is 17.5. The van der Waals surface area contributed by atoms with Gasteiger partial charge in [-0.2, -0.15) is 0 Å². The number of nitrogens with zero attached hydrogens (tertiary/aromatic N) is 3. The van der Waals surface area contributed by atoms with E-state index in [1.54, 1.807) is 30.0 Å². The van der Waals surface area contributed by atoms with Crippen LogP contribution in [0.4, 0.5) is 9.52 Å². The lowest BCUT2D eigenvalue weighted by molar-refractivity contribution is 0.0986. The second-order valence-electron chi connectivity index (χ2n) is 7.15. The van der Waals surface area contributed by atoms with Gasteiger partial charge in [0.25, 0.3) is 5.91 Å². The van der Waals surface area contributed by atoms with E-state index in [4.69, 9.17) is 0 Å². The summed E-state index contributed by atoms with van der Waals surface area (Å²) in [7, 11) is 0.470. The summed E-state index contributed by atoms with van der Waals surface area (Å²) < 4.78 is 38.7. The van der Waals surface area contributed by atoms with E-state index in [1.807, 2.05) is 19.0 Å². The fourth-order valence-electron chi connectivity index (χ4n) is 2.98. The monoisotopic (exact) mass is 485 g/mol. The molecule has 1 amide bonds. The van der Waals surface area contributed by atoms with Crippen molar-refractivity contribution in [3.63, 3.8) is 0 Å². The molecule has 168 valence electrons. The van der Waals surface area contributed by atoms with Crippen LogP contribution in [0.25, 0.3) is 10.2 Å². The molecule has 0 spiro atoms. The van der Waals surface area contributed by atoms with Crippen LogP contribution < -0.4 is 4.90 Å². The maximum absolute atomic E-state index is 13.6. The Hall–Kier alpha value is -2.07. The third-order valence-electron chi connectivity index (χ3n) is 4.62. The molecule has 3 aromatic rings. The SMILES string of the molecule is CCS(=O)(=O)c1cccc(C(=O)N(CCCN(C)C)c2nc3ccc(F)cc3s2)c1.Cl. The minimum atomic E-state index is -3.43. The molecular weight excluding hydrogens is 461 g/mol. The number of carbonyl (C=O) groups is 1. The standard InChI is InChI=1S/C21H24FN3O3S2.ClH/c1-4-30(27,28)17-8-5-7-15(13-17)20(26)25(12-6-11-24(2)3)21-23-18-10-9-16(22)14-19(18)29-21;/h5,7-10,13-14H,4,6,11-12H2,1-3H3;1H. The van der Waals surface area contributed by atoms with Crippen molar-refractivity contribution in [1.29, 1.82) is 0 Å². The Bertz CT molecular complexity index is 1170. The molecule has 0 N–H and O–H groups in total. The average Bonchev–Trinajstić information content (AvgIpc) is 3.13. The fraction of sp³-hybridized carbons (Fsp3) is 0.333. The third-order valence-corrected chi connectivity index (χ3v) is 7.40. The molecule has 10 heteroatoms. The highest BCUT2D eigenvalue weighted by molar-refractivity contribution is 7.91. The van der Waals surface area contributed by atoms with Crippen molar-refractivity contribution in [1.82, 2.24) is 9.88 Å². The number of sulfone groups is 1. The molecule has 0 aliphatic heterocycles. The molecule has 6 nitrogen and oxygen atoms in total. The smallest absolute Gasteiger partial charge is 0.260 e. The lowest BCUT2D eigenvalue weighted by Gasteiger charge is -2.21. The van der Waals surface area contributed by atoms with E-state index in [1.165, 1.54) is 35.6 Å². The minimum Gasteiger partial charge on any atom is -0.309 e. The van der Waals surface area contributed by atoms with Crippen molar-refractivity contribution in [2.45, 2.75) is 18.2 Å². The molecule has 0 radical (unpaired) electrons. The zero-order chi connectivity index (χ0) is 21.9. The van der Waals surface area contributed by atoms with Gasteiger partial charge in [0, 0.05) is 12.1 Å². The van der Waals surface area contributed by atoms with Crippen LogP contribution in [0.3, 0.4) is 0 Å². The largest absolute Gasteiger partial charge is 0.309 e. The van der Waals surface area contributed by atoms with E-state index >= 15 is 0 Å². The topological polar surface area (TPSA) is 70.6 Å². The van der Waals surface area contributed by atoms with Gasteiger partial charge in [-0.05, 0) is 63.5 Å². The Morgan fingerprint density at radius 3 is 2.55 bits per heavy atom. The third kappa shape index (κ3) is 6.00. The van der Waals surface area contributed by atoms with E-state index in [0.29, 0.717) is 28.3 Å². The number of rotatable bonds is 8. The van der Waals surface area contributed by atoms with Crippen molar-refractivity contribution >= 4 is 54.8 Å². The van der Waals surface area contributed by atoms with Crippen LogP contribution in [0.15, 0.2) is 47.4 Å². The highest BCUT2D eigenvalue weighted by Crippen LogP contribution is 2.30. The van der Waals surface area contributed by atoms with Gasteiger partial charge >= 0.3 is 0 Å². The zero-order valence-corrected chi connectivity index (χ0v) is 20.0. The van der Waals surface area contributed by atoms with Gasteiger partial charge in [-0.3, -0.25) is 9.69 Å². The first-order chi connectivity index (χ1) is 14.2. The average molecular weight is 486 g/mol. The van der Waals surface area contributed by atoms with E-state index < -0.39 is 9.84 Å². The predicted molar refractivity (Wildman–Crippen MR) is 126 cm³/mol. The van der Waals surface area contributed by atoms with E-state index in [-0.39, 0.29) is 40.3 Å². The number of carbonyl (C=O) groups excluding carboxylic acids is 1. The molecule has 0 fully saturated rings. The van der Waals surface area contributed by atoms with Gasteiger partial charge in [0.1, 0.15) is 5.82 Å². The molecule has 3 rings (SSSR count). The number of benzene rings is 2. The van der Waals surface area contributed by atoms with Gasteiger partial charge in [-0.15, -0.1) is 12.4 Å². The van der Waals surface area contributed by atoms with Crippen LogP contribution in [0.2, 0.25) is 0 Å². The molecule has 0 aliphatic rings. The predicted octanol–water partition coefficient (Wildman–Crippen LogP) is 4.25. The van der Waals surface area contributed by atoms with Crippen molar-refractivity contribution < 1.29 is 17.6 Å². The van der Waals surface area contributed by atoms with Crippen LogP contribution >= 0.6 is 23.7 Å². The number of hydrogen-bond donors (Lipinski definition) is 0. The number of amides is 1. The first kappa shape index (κ1) is 25.2. The number of thiazole rings is 1. The molecule has 0 saturated heterocycles. The summed E-state index contributed by atoms with van der Waals surface area (Å²) in [6.45, 7) is 2.75. The van der Waals surface area contributed by atoms with Gasteiger partial charge in [-0.1, -0.05) is 24.3 Å². The van der Waals surface area contributed by atoms with Crippen molar-refractivity contribution in [2.24, 2.45) is 0 Å². The first-order valence-corrected chi connectivity index (χ1v) is 12.0. The van der Waals surface area contributed by atoms with Crippen LogP contribution in [0.1, 0.15) is 23.7 Å². The van der Waals surface area contributed by atoms with E-state index in [2.05, 4.69) is 4.98 Å². The fourth-order valence-corrected chi connectivity index (χ4v) is 4.92. The van der Waals surface area contributed by atoms with Crippen LogP contribution in [-0.2, 0) is 9.84 Å². The Morgan fingerprint density at radius 2 is 1.87 bits per heavy atom. The Morgan fingerprint density at radius 1 is 1.13 bits per heavy atom. The van der Waals surface area contributed by atoms with Crippen LogP contribution in [-0.4, -0.2) is 57.1 Å². The molecule has 0 atom stereocenters. The number of aromatic nitrogens is 1. The lowest BCUT2D eigenvalue weighted by atomic mass is 10.2. The van der Waals surface area contributed by atoms with Crippen molar-refractivity contribution in [3.8, 4) is 0 Å². The number of fused-ring (bicyclic) bond motifs is 1. The first-order valence-electron chi connectivity index (χ1n) is 9.57. The van der Waals surface area contributed by atoms with Gasteiger partial charge < -0.3 is 4.90 Å². The summed E-state index contributed by atoms with van der Waals surface area (Å²) in [4.78, 5) is 21.5. The van der Waals surface area contributed by atoms with Crippen LogP contribution in [0.5, 0.6) is 0 Å². The molecular formula is C21H25ClFN3O3S2. The number of hydrogen-bond acceptors (Lipinski definition) is 6. The Kier molecular flexibility index (Phi) is 8.53. The van der Waals surface area contributed by atoms with Crippen LogP contribution in [0, 0.1) is 5.82 Å². The molecule has 0 bridgehead atoms. The molecule has 1 aromatic heterocycles. The van der Waals surface area contributed by atoms with Gasteiger partial charge in [0.2, 0.25) is 0 Å². The maximum atomic E-state index is 13.6. The maximum Gasteiger partial charge on any atom is 0.260 e. The summed E-state index contributed by atoms with van der Waals surface area (Å²) in [5, 5.41) is 0.461. The molecule has 0 aliphatic carbocycles. The quantitative estimate of drug-likeness (QED) is 0.477. The summed E-state index contributed by atoms with van der Waals surface area (Å²) in [5.41, 5.74) is 0.893. The Balaban J connectivity index is 0.00000341. The number of halogens is 2. The highest BCUT2D eigenvalue weighted by Gasteiger charge is 2.23. The van der Waals surface area contributed by atoms with Crippen molar-refractivity contribution in [2.75, 3.05) is 37.8 Å². The summed E-state index contributed by atoms with van der Waals surface area (Å²) >= 11 is 1.24. The number of anilines is 1. The summed E-state index contributed by atoms with van der Waals surface area (Å²) in [5.74, 6) is -0.734. The van der Waals surface area contributed by atoms with Gasteiger partial charge in [0.15, 0.2) is 15.0 Å². The lowest BCUT2D eigenvalue weighted by Crippen LogP contribution is -2.33. The highest BCUT2D eigenvalue weighted by atomic mass is 35.5. The molecule has 0 saturated carbocycles. The van der Waals surface area contributed by atoms with Crippen molar-refractivity contribution in [3.05, 3.63) is 53.8 Å². The van der Waals surface area contributed by atoms with Gasteiger partial charge in [0.05, 0.1) is 20.9 Å². The molecule has 2 aromatic carbocycles. The minimum absolute atomic E-state index is 0. The van der Waals surface area contributed by atoms with E-state index in [9.17, 15) is 17.6 Å². The van der Waals surface area contributed by atoms with E-state index in [0.717, 1.165) is 6.54 Å². The summed E-state index contributed by atoms with van der Waals surface area (Å²) in [6, 6.07) is 10.4. The second-order valence-corrected chi connectivity index (χ2v) is 10.4. The normalized spacial score (nSPS) is 11.5.